The van der Waals surface area contributed by atoms with Crippen LogP contribution in [0, 0.1) is 13.8 Å². The minimum atomic E-state index is 0.708. The van der Waals surface area contributed by atoms with E-state index in [1.54, 1.807) is 18.4 Å². The molecule has 0 aliphatic rings. The summed E-state index contributed by atoms with van der Waals surface area (Å²) in [6.45, 7) is 5.51. The van der Waals surface area contributed by atoms with Gasteiger partial charge in [0, 0.05) is 30.5 Å². The van der Waals surface area contributed by atoms with E-state index in [0.29, 0.717) is 6.54 Å². The van der Waals surface area contributed by atoms with Gasteiger partial charge in [-0.25, -0.2) is 4.98 Å². The van der Waals surface area contributed by atoms with E-state index in [9.17, 15) is 0 Å². The molecular formula is C16H21ClN4S. The fourth-order valence-corrected chi connectivity index (χ4v) is 3.31. The average Bonchev–Trinajstić information content (AvgIpc) is 2.80. The molecule has 0 amide bonds. The zero-order valence-electron chi connectivity index (χ0n) is 13.4. The second-order valence-corrected chi connectivity index (χ2v) is 6.78. The molecule has 118 valence electrons. The van der Waals surface area contributed by atoms with Gasteiger partial charge in [-0.3, -0.25) is 4.99 Å². The molecule has 6 heteroatoms. The Morgan fingerprint density at radius 1 is 1.36 bits per heavy atom. The van der Waals surface area contributed by atoms with Crippen LogP contribution in [0.4, 0.5) is 0 Å². The summed E-state index contributed by atoms with van der Waals surface area (Å²) in [7, 11) is 3.79. The van der Waals surface area contributed by atoms with Gasteiger partial charge in [0.1, 0.15) is 0 Å². The van der Waals surface area contributed by atoms with Crippen molar-refractivity contribution in [2.75, 3.05) is 14.1 Å². The number of hydrogen-bond donors (Lipinski definition) is 1. The summed E-state index contributed by atoms with van der Waals surface area (Å²) in [4.78, 5) is 12.1. The van der Waals surface area contributed by atoms with E-state index in [2.05, 4.69) is 20.2 Å². The van der Waals surface area contributed by atoms with Gasteiger partial charge in [-0.1, -0.05) is 29.8 Å². The number of nitrogens with zero attached hydrogens (tertiary/aromatic N) is 3. The van der Waals surface area contributed by atoms with E-state index < -0.39 is 0 Å². The number of aliphatic imine (C=N–C) groups is 1. The molecule has 0 fully saturated rings. The van der Waals surface area contributed by atoms with E-state index in [4.69, 9.17) is 11.6 Å². The number of guanidine groups is 1. The Hall–Kier alpha value is -1.59. The number of aromatic nitrogens is 1. The molecule has 22 heavy (non-hydrogen) atoms. The first-order valence-electron chi connectivity index (χ1n) is 7.09. The summed E-state index contributed by atoms with van der Waals surface area (Å²) in [5, 5.41) is 5.25. The van der Waals surface area contributed by atoms with Crippen LogP contribution in [0.5, 0.6) is 0 Å². The molecule has 0 spiro atoms. The predicted octanol–water partition coefficient (Wildman–Crippen LogP) is 3.62. The molecule has 2 aromatic rings. The van der Waals surface area contributed by atoms with Gasteiger partial charge in [0.25, 0.3) is 0 Å². The third kappa shape index (κ3) is 4.21. The van der Waals surface area contributed by atoms with E-state index in [1.165, 1.54) is 4.88 Å². The maximum absolute atomic E-state index is 6.22. The van der Waals surface area contributed by atoms with Crippen molar-refractivity contribution in [3.05, 3.63) is 50.4 Å². The number of hydrogen-bond acceptors (Lipinski definition) is 3. The maximum atomic E-state index is 6.22. The van der Waals surface area contributed by atoms with Crippen LogP contribution in [-0.4, -0.2) is 29.9 Å². The molecule has 1 heterocycles. The number of halogens is 1. The summed E-state index contributed by atoms with van der Waals surface area (Å²) in [5.74, 6) is 0.838. The molecule has 1 N–H and O–H groups in total. The lowest BCUT2D eigenvalue weighted by molar-refractivity contribution is 0.477. The zero-order chi connectivity index (χ0) is 16.1. The molecule has 0 atom stereocenters. The van der Waals surface area contributed by atoms with Crippen LogP contribution in [0.25, 0.3) is 0 Å². The van der Waals surface area contributed by atoms with Crippen LogP contribution in [0.1, 0.15) is 21.1 Å². The van der Waals surface area contributed by atoms with Crippen LogP contribution in [0.2, 0.25) is 5.02 Å². The van der Waals surface area contributed by atoms with Gasteiger partial charge in [-0.15, -0.1) is 11.3 Å². The lowest BCUT2D eigenvalue weighted by Crippen LogP contribution is -2.38. The number of thiazole rings is 1. The Morgan fingerprint density at radius 3 is 2.68 bits per heavy atom. The van der Waals surface area contributed by atoms with E-state index in [-0.39, 0.29) is 0 Å². The van der Waals surface area contributed by atoms with Crippen molar-refractivity contribution in [2.45, 2.75) is 26.9 Å². The molecule has 0 bridgehead atoms. The van der Waals surface area contributed by atoms with Gasteiger partial charge in [-0.05, 0) is 25.5 Å². The molecule has 2 rings (SSSR count). The molecule has 0 unspecified atom stereocenters. The molecule has 0 aliphatic carbocycles. The topological polar surface area (TPSA) is 40.5 Å². The van der Waals surface area contributed by atoms with Gasteiger partial charge in [0.15, 0.2) is 5.96 Å². The summed E-state index contributed by atoms with van der Waals surface area (Å²) in [6, 6.07) is 7.87. The largest absolute Gasteiger partial charge is 0.351 e. The fraction of sp³-hybridized carbons (Fsp3) is 0.375. The molecule has 1 aromatic carbocycles. The Labute approximate surface area is 140 Å². The van der Waals surface area contributed by atoms with Crippen molar-refractivity contribution >= 4 is 28.9 Å². The lowest BCUT2D eigenvalue weighted by atomic mass is 10.2. The molecule has 0 radical (unpaired) electrons. The van der Waals surface area contributed by atoms with Crippen molar-refractivity contribution in [3.8, 4) is 0 Å². The number of benzene rings is 1. The van der Waals surface area contributed by atoms with Gasteiger partial charge in [-0.2, -0.15) is 0 Å². The predicted molar refractivity (Wildman–Crippen MR) is 94.7 cm³/mol. The summed E-state index contributed by atoms with van der Waals surface area (Å²) in [5.41, 5.74) is 2.17. The van der Waals surface area contributed by atoms with Crippen LogP contribution in [0.3, 0.4) is 0 Å². The summed E-state index contributed by atoms with van der Waals surface area (Å²) < 4.78 is 0. The third-order valence-corrected chi connectivity index (χ3v) is 4.79. The molecular weight excluding hydrogens is 316 g/mol. The van der Waals surface area contributed by atoms with Crippen molar-refractivity contribution in [3.63, 3.8) is 0 Å². The standard InChI is InChI=1S/C16H21ClN4S/c1-11-15(22-12(2)20-11)9-19-16(18-3)21(4)10-13-7-5-6-8-14(13)17/h5-8H,9-10H2,1-4H3,(H,18,19). The Kier molecular flexibility index (Phi) is 5.80. The van der Waals surface area contributed by atoms with Crippen molar-refractivity contribution in [1.82, 2.24) is 15.2 Å². The van der Waals surface area contributed by atoms with E-state index in [1.807, 2.05) is 45.2 Å². The third-order valence-electron chi connectivity index (χ3n) is 3.35. The molecule has 1 aromatic heterocycles. The van der Waals surface area contributed by atoms with Crippen LogP contribution in [0.15, 0.2) is 29.3 Å². The highest BCUT2D eigenvalue weighted by atomic mass is 35.5. The van der Waals surface area contributed by atoms with Crippen molar-refractivity contribution in [2.24, 2.45) is 4.99 Å². The highest BCUT2D eigenvalue weighted by Crippen LogP contribution is 2.18. The maximum Gasteiger partial charge on any atom is 0.193 e. The quantitative estimate of drug-likeness (QED) is 0.684. The summed E-state index contributed by atoms with van der Waals surface area (Å²) >= 11 is 7.94. The smallest absolute Gasteiger partial charge is 0.193 e. The second kappa shape index (κ2) is 7.61. The molecule has 0 aliphatic heterocycles. The minimum absolute atomic E-state index is 0.708. The van der Waals surface area contributed by atoms with E-state index >= 15 is 0 Å². The molecule has 0 saturated heterocycles. The Morgan fingerprint density at radius 2 is 2.09 bits per heavy atom. The summed E-state index contributed by atoms with van der Waals surface area (Å²) in [6.07, 6.45) is 0. The first-order chi connectivity index (χ1) is 10.5. The van der Waals surface area contributed by atoms with Crippen LogP contribution < -0.4 is 5.32 Å². The lowest BCUT2D eigenvalue weighted by Gasteiger charge is -2.22. The average molecular weight is 337 g/mol. The van der Waals surface area contributed by atoms with Gasteiger partial charge < -0.3 is 10.2 Å². The monoisotopic (exact) mass is 336 g/mol. The highest BCUT2D eigenvalue weighted by molar-refractivity contribution is 7.11. The zero-order valence-corrected chi connectivity index (χ0v) is 14.9. The highest BCUT2D eigenvalue weighted by Gasteiger charge is 2.10. The van der Waals surface area contributed by atoms with Gasteiger partial charge >= 0.3 is 0 Å². The number of rotatable bonds is 4. The minimum Gasteiger partial charge on any atom is -0.351 e. The first-order valence-corrected chi connectivity index (χ1v) is 8.28. The van der Waals surface area contributed by atoms with Crippen LogP contribution >= 0.6 is 22.9 Å². The fourth-order valence-electron chi connectivity index (χ4n) is 2.24. The molecule has 4 nitrogen and oxygen atoms in total. The Bertz CT molecular complexity index is 666. The van der Waals surface area contributed by atoms with E-state index in [0.717, 1.165) is 33.8 Å². The second-order valence-electron chi connectivity index (χ2n) is 5.09. The SMILES string of the molecule is CN=C(NCc1sc(C)nc1C)N(C)Cc1ccccc1Cl. The van der Waals surface area contributed by atoms with Gasteiger partial charge in [0.05, 0.1) is 17.2 Å². The Balaban J connectivity index is 1.99. The van der Waals surface area contributed by atoms with Crippen LogP contribution in [-0.2, 0) is 13.1 Å². The number of nitrogens with one attached hydrogen (secondary N) is 1. The molecule has 0 saturated carbocycles. The van der Waals surface area contributed by atoms with Crippen molar-refractivity contribution in [1.29, 1.82) is 0 Å². The van der Waals surface area contributed by atoms with Gasteiger partial charge in [0.2, 0.25) is 0 Å². The first kappa shape index (κ1) is 16.8. The number of aryl methyl sites for hydroxylation is 2. The normalized spacial score (nSPS) is 11.6. The van der Waals surface area contributed by atoms with Crippen molar-refractivity contribution < 1.29 is 0 Å².